The molecule has 126 valence electrons. The zero-order valence-electron chi connectivity index (χ0n) is 14.3. The number of rotatable bonds is 6. The average molecular weight is 316 g/mol. The van der Waals surface area contributed by atoms with E-state index in [1.165, 1.54) is 0 Å². The molecule has 0 spiro atoms. The lowest BCUT2D eigenvalue weighted by atomic mass is 9.88. The van der Waals surface area contributed by atoms with E-state index in [4.69, 9.17) is 27.2 Å². The first-order chi connectivity index (χ1) is 10.9. The van der Waals surface area contributed by atoms with E-state index in [2.05, 4.69) is 31.7 Å². The maximum atomic E-state index is 6.55. The Morgan fingerprint density at radius 2 is 1.87 bits per heavy atom. The first-order valence-corrected chi connectivity index (χ1v) is 8.29. The number of hydrogen-bond donors (Lipinski definition) is 3. The lowest BCUT2D eigenvalue weighted by molar-refractivity contribution is 0.501. The summed E-state index contributed by atoms with van der Waals surface area (Å²) in [6.07, 6.45) is 5.97. The Balaban J connectivity index is 2.47. The summed E-state index contributed by atoms with van der Waals surface area (Å²) in [6, 6.07) is 2.06. The van der Waals surface area contributed by atoms with E-state index in [0.29, 0.717) is 23.6 Å². The Labute approximate surface area is 138 Å². The van der Waals surface area contributed by atoms with Crippen LogP contribution in [-0.4, -0.2) is 23.1 Å². The van der Waals surface area contributed by atoms with Gasteiger partial charge < -0.3 is 22.1 Å². The van der Waals surface area contributed by atoms with Crippen molar-refractivity contribution in [3.8, 4) is 0 Å². The van der Waals surface area contributed by atoms with Crippen molar-refractivity contribution in [2.75, 3.05) is 18.0 Å². The highest BCUT2D eigenvalue weighted by atomic mass is 15.2. The summed E-state index contributed by atoms with van der Waals surface area (Å²) in [6.45, 7) is 8.15. The number of nitrogens with zero attached hydrogens (tertiary/aromatic N) is 3. The molecule has 0 saturated heterocycles. The monoisotopic (exact) mass is 316 g/mol. The molecule has 1 aliphatic rings. The molecular weight excluding hydrogens is 288 g/mol. The van der Waals surface area contributed by atoms with Crippen LogP contribution >= 0.6 is 0 Å². The first kappa shape index (κ1) is 17.3. The third-order valence-corrected chi connectivity index (χ3v) is 4.19. The molecule has 1 heterocycles. The Morgan fingerprint density at radius 3 is 2.43 bits per heavy atom. The lowest BCUT2D eigenvalue weighted by Crippen LogP contribution is -2.41. The quantitative estimate of drug-likeness (QED) is 0.734. The van der Waals surface area contributed by atoms with Crippen LogP contribution < -0.4 is 22.1 Å². The average Bonchev–Trinajstić information content (AvgIpc) is 2.53. The minimum Gasteiger partial charge on any atom is -0.400 e. The van der Waals surface area contributed by atoms with Crippen LogP contribution in [0, 0.1) is 0 Å². The predicted octanol–water partition coefficient (Wildman–Crippen LogP) is 1.52. The van der Waals surface area contributed by atoms with Gasteiger partial charge in [-0.3, -0.25) is 0 Å². The van der Waals surface area contributed by atoms with E-state index < -0.39 is 5.54 Å². The maximum absolute atomic E-state index is 6.55. The van der Waals surface area contributed by atoms with Gasteiger partial charge in [-0.15, -0.1) is 0 Å². The Hall–Kier alpha value is -2.08. The fourth-order valence-electron chi connectivity index (χ4n) is 2.76. The zero-order chi connectivity index (χ0) is 17.0. The third-order valence-electron chi connectivity index (χ3n) is 4.19. The minimum atomic E-state index is -0.807. The molecule has 1 atom stereocenters. The topological polar surface area (TPSA) is 107 Å². The zero-order valence-corrected chi connectivity index (χ0v) is 14.3. The number of nitrogens with two attached hydrogens (primary N) is 3. The van der Waals surface area contributed by atoms with Gasteiger partial charge in [-0.05, 0) is 26.3 Å². The molecule has 0 radical (unpaired) electrons. The van der Waals surface area contributed by atoms with Gasteiger partial charge in [-0.25, -0.2) is 9.97 Å². The van der Waals surface area contributed by atoms with Crippen LogP contribution in [0.15, 0.2) is 29.6 Å². The normalized spacial score (nSPS) is 20.9. The van der Waals surface area contributed by atoms with Gasteiger partial charge in [0, 0.05) is 37.0 Å². The third kappa shape index (κ3) is 3.64. The van der Waals surface area contributed by atoms with Crippen molar-refractivity contribution in [3.05, 3.63) is 41.1 Å². The molecule has 0 aromatic carbocycles. The summed E-state index contributed by atoms with van der Waals surface area (Å²) in [7, 11) is 0. The first-order valence-electron chi connectivity index (χ1n) is 8.29. The second-order valence-corrected chi connectivity index (χ2v) is 5.99. The summed E-state index contributed by atoms with van der Waals surface area (Å²) >= 11 is 0. The van der Waals surface area contributed by atoms with E-state index in [-0.39, 0.29) is 0 Å². The van der Waals surface area contributed by atoms with Gasteiger partial charge >= 0.3 is 0 Å². The number of hydrogen-bond acceptors (Lipinski definition) is 6. The largest absolute Gasteiger partial charge is 0.400 e. The molecule has 0 aliphatic heterocycles. The van der Waals surface area contributed by atoms with Crippen LogP contribution in [0.4, 0.5) is 5.82 Å². The molecule has 1 aromatic heterocycles. The molecule has 1 aromatic rings. The van der Waals surface area contributed by atoms with Crippen LogP contribution in [0.1, 0.15) is 45.1 Å². The van der Waals surface area contributed by atoms with Gasteiger partial charge in [-0.1, -0.05) is 19.4 Å². The van der Waals surface area contributed by atoms with Crippen LogP contribution in [0.5, 0.6) is 0 Å². The highest BCUT2D eigenvalue weighted by Crippen LogP contribution is 2.29. The van der Waals surface area contributed by atoms with Crippen molar-refractivity contribution in [1.29, 1.82) is 0 Å². The van der Waals surface area contributed by atoms with Crippen LogP contribution in [0.2, 0.25) is 0 Å². The number of anilines is 1. The summed E-state index contributed by atoms with van der Waals surface area (Å²) in [5.74, 6) is 1.53. The van der Waals surface area contributed by atoms with Crippen molar-refractivity contribution in [3.63, 3.8) is 0 Å². The molecule has 2 rings (SSSR count). The van der Waals surface area contributed by atoms with Gasteiger partial charge in [0.05, 0.1) is 5.70 Å². The van der Waals surface area contributed by atoms with Crippen LogP contribution in [0.25, 0.3) is 0 Å². The Kier molecular flexibility index (Phi) is 5.26. The molecule has 0 amide bonds. The van der Waals surface area contributed by atoms with Crippen molar-refractivity contribution in [2.24, 2.45) is 17.2 Å². The highest BCUT2D eigenvalue weighted by molar-refractivity contribution is 5.43. The van der Waals surface area contributed by atoms with Gasteiger partial charge in [-0.2, -0.15) is 0 Å². The summed E-state index contributed by atoms with van der Waals surface area (Å²) < 4.78 is 0. The van der Waals surface area contributed by atoms with Gasteiger partial charge in [0.15, 0.2) is 5.82 Å². The second kappa shape index (κ2) is 7.00. The molecule has 1 aliphatic carbocycles. The number of aromatic nitrogens is 2. The Bertz CT molecular complexity index is 618. The fraction of sp³-hybridized carbons (Fsp3) is 0.529. The molecule has 6 heteroatoms. The highest BCUT2D eigenvalue weighted by Gasteiger charge is 2.32. The Morgan fingerprint density at radius 1 is 1.17 bits per heavy atom. The molecule has 6 N–H and O–H groups in total. The van der Waals surface area contributed by atoms with Gasteiger partial charge in [0.25, 0.3) is 0 Å². The summed E-state index contributed by atoms with van der Waals surface area (Å²) in [5, 5.41) is 0. The van der Waals surface area contributed by atoms with E-state index >= 15 is 0 Å². The number of aryl methyl sites for hydroxylation is 1. The van der Waals surface area contributed by atoms with Gasteiger partial charge in [0.2, 0.25) is 0 Å². The molecule has 0 fully saturated rings. The predicted molar refractivity (Wildman–Crippen MR) is 94.6 cm³/mol. The lowest BCUT2D eigenvalue weighted by Gasteiger charge is -2.30. The minimum absolute atomic E-state index is 0.433. The van der Waals surface area contributed by atoms with E-state index in [9.17, 15) is 0 Å². The molecule has 6 nitrogen and oxygen atoms in total. The molecule has 1 unspecified atom stereocenters. The van der Waals surface area contributed by atoms with Crippen molar-refractivity contribution >= 4 is 5.82 Å². The van der Waals surface area contributed by atoms with Crippen molar-refractivity contribution in [1.82, 2.24) is 9.97 Å². The summed E-state index contributed by atoms with van der Waals surface area (Å²) in [5.41, 5.74) is 19.7. The van der Waals surface area contributed by atoms with Crippen molar-refractivity contribution < 1.29 is 0 Å². The van der Waals surface area contributed by atoms with E-state index in [1.54, 1.807) is 6.08 Å². The smallest absolute Gasteiger partial charge is 0.155 e. The summed E-state index contributed by atoms with van der Waals surface area (Å²) in [4.78, 5) is 11.6. The van der Waals surface area contributed by atoms with Gasteiger partial charge in [0.1, 0.15) is 11.4 Å². The van der Waals surface area contributed by atoms with Crippen LogP contribution in [-0.2, 0) is 12.0 Å². The molecular formula is C17H28N6. The van der Waals surface area contributed by atoms with E-state index in [1.807, 2.05) is 6.08 Å². The van der Waals surface area contributed by atoms with E-state index in [0.717, 1.165) is 37.4 Å². The second-order valence-electron chi connectivity index (χ2n) is 5.99. The number of allylic oxidation sites excluding steroid dienone is 1. The maximum Gasteiger partial charge on any atom is 0.155 e. The molecule has 0 bridgehead atoms. The van der Waals surface area contributed by atoms with Crippen molar-refractivity contribution in [2.45, 2.75) is 45.6 Å². The molecule has 23 heavy (non-hydrogen) atoms. The standard InChI is InChI=1S/C17H28N6/c1-4-7-12-10-15(23(5-2)6-3)22-16(21-12)17(20)9-8-13(18)14(19)11-17/h8-10H,4-7,11,18-20H2,1-3H3. The SMILES string of the molecule is CCCc1cc(N(CC)CC)nc(C2(N)C=CC(N)=C(N)C2)n1. The van der Waals surface area contributed by atoms with Crippen LogP contribution in [0.3, 0.4) is 0 Å². The fourth-order valence-corrected chi connectivity index (χ4v) is 2.76. The molecule has 0 saturated carbocycles.